The van der Waals surface area contributed by atoms with Crippen molar-refractivity contribution >= 4 is 5.91 Å². The van der Waals surface area contributed by atoms with Crippen LogP contribution in [0.5, 0.6) is 11.5 Å². The number of methoxy groups -OCH3 is 2. The number of nitrogens with zero attached hydrogens (tertiary/aromatic N) is 4. The zero-order valence-corrected chi connectivity index (χ0v) is 16.6. The molecule has 1 unspecified atom stereocenters. The number of amides is 1. The summed E-state index contributed by atoms with van der Waals surface area (Å²) >= 11 is 0. The molecule has 8 nitrogen and oxygen atoms in total. The Labute approximate surface area is 164 Å². The van der Waals surface area contributed by atoms with Gasteiger partial charge in [-0.15, -0.1) is 0 Å². The Morgan fingerprint density at radius 3 is 2.50 bits per heavy atom. The van der Waals surface area contributed by atoms with Gasteiger partial charge in [-0.1, -0.05) is 5.16 Å². The van der Waals surface area contributed by atoms with Crippen molar-refractivity contribution in [1.82, 2.24) is 19.9 Å². The van der Waals surface area contributed by atoms with Gasteiger partial charge in [0.15, 0.2) is 17.3 Å². The van der Waals surface area contributed by atoms with Crippen molar-refractivity contribution in [3.8, 4) is 11.5 Å². The lowest BCUT2D eigenvalue weighted by Crippen LogP contribution is -2.49. The first-order valence-electron chi connectivity index (χ1n) is 9.69. The van der Waals surface area contributed by atoms with Crippen molar-refractivity contribution in [3.05, 3.63) is 35.5 Å². The second kappa shape index (κ2) is 7.79. The fourth-order valence-corrected chi connectivity index (χ4v) is 3.54. The summed E-state index contributed by atoms with van der Waals surface area (Å²) in [4.78, 5) is 21.6. The predicted molar refractivity (Wildman–Crippen MR) is 102 cm³/mol. The lowest BCUT2D eigenvalue weighted by atomic mass is 10.1. The first-order valence-corrected chi connectivity index (χ1v) is 9.69. The highest BCUT2D eigenvalue weighted by Crippen LogP contribution is 2.38. The maximum Gasteiger partial charge on any atom is 0.254 e. The Hall–Kier alpha value is -2.61. The maximum absolute atomic E-state index is 12.9. The van der Waals surface area contributed by atoms with Gasteiger partial charge < -0.3 is 18.9 Å². The van der Waals surface area contributed by atoms with Gasteiger partial charge in [-0.05, 0) is 38.0 Å². The summed E-state index contributed by atoms with van der Waals surface area (Å²) in [6, 6.07) is 5.32. The van der Waals surface area contributed by atoms with Crippen LogP contribution in [0, 0.1) is 0 Å². The molecule has 1 aliphatic heterocycles. The van der Waals surface area contributed by atoms with Crippen LogP contribution in [0.3, 0.4) is 0 Å². The smallest absolute Gasteiger partial charge is 0.254 e. The number of ether oxygens (including phenoxy) is 2. The molecule has 2 fully saturated rings. The molecule has 2 heterocycles. The average Bonchev–Trinajstić information content (AvgIpc) is 3.48. The topological polar surface area (TPSA) is 80.9 Å². The molecule has 1 amide bonds. The number of rotatable bonds is 6. The molecule has 1 aromatic heterocycles. The Balaban J connectivity index is 1.37. The quantitative estimate of drug-likeness (QED) is 0.754. The zero-order chi connectivity index (χ0) is 19.7. The molecule has 4 rings (SSSR count). The van der Waals surface area contributed by atoms with Crippen LogP contribution in [0.4, 0.5) is 0 Å². The molecule has 1 saturated heterocycles. The molecule has 1 atom stereocenters. The van der Waals surface area contributed by atoms with Crippen molar-refractivity contribution in [1.29, 1.82) is 0 Å². The van der Waals surface area contributed by atoms with Crippen LogP contribution in [0.15, 0.2) is 22.7 Å². The predicted octanol–water partition coefficient (Wildman–Crippen LogP) is 2.48. The number of hydrogen-bond donors (Lipinski definition) is 0. The Morgan fingerprint density at radius 1 is 1.14 bits per heavy atom. The molecule has 0 N–H and O–H groups in total. The monoisotopic (exact) mass is 386 g/mol. The van der Waals surface area contributed by atoms with Crippen LogP contribution >= 0.6 is 0 Å². The van der Waals surface area contributed by atoms with Crippen molar-refractivity contribution < 1.29 is 18.8 Å². The van der Waals surface area contributed by atoms with Crippen LogP contribution in [0.2, 0.25) is 0 Å². The number of carbonyl (C=O) groups is 1. The fourth-order valence-electron chi connectivity index (χ4n) is 3.54. The molecule has 0 spiro atoms. The first-order chi connectivity index (χ1) is 13.6. The third kappa shape index (κ3) is 3.69. The lowest BCUT2D eigenvalue weighted by Gasteiger charge is -2.36. The second-order valence-electron chi connectivity index (χ2n) is 7.34. The molecule has 2 aliphatic rings. The van der Waals surface area contributed by atoms with E-state index in [1.165, 1.54) is 0 Å². The van der Waals surface area contributed by atoms with Gasteiger partial charge in [-0.25, -0.2) is 0 Å². The van der Waals surface area contributed by atoms with E-state index in [9.17, 15) is 4.79 Å². The molecule has 0 bridgehead atoms. The highest BCUT2D eigenvalue weighted by molar-refractivity contribution is 5.95. The minimum Gasteiger partial charge on any atom is -0.493 e. The van der Waals surface area contributed by atoms with Crippen molar-refractivity contribution in [2.75, 3.05) is 40.4 Å². The van der Waals surface area contributed by atoms with Crippen LogP contribution < -0.4 is 9.47 Å². The molecule has 1 aromatic carbocycles. The van der Waals surface area contributed by atoms with Gasteiger partial charge in [0.05, 0.1) is 20.3 Å². The van der Waals surface area contributed by atoms with E-state index in [-0.39, 0.29) is 11.9 Å². The molecule has 1 aliphatic carbocycles. The molecule has 8 heteroatoms. The number of carbonyl (C=O) groups excluding carboxylic acids is 1. The molecule has 0 radical (unpaired) electrons. The number of aromatic nitrogens is 2. The van der Waals surface area contributed by atoms with E-state index in [1.54, 1.807) is 32.4 Å². The molecular weight excluding hydrogens is 360 g/mol. The van der Waals surface area contributed by atoms with Gasteiger partial charge in [-0.3, -0.25) is 9.69 Å². The second-order valence-corrected chi connectivity index (χ2v) is 7.34. The first kappa shape index (κ1) is 18.7. The van der Waals surface area contributed by atoms with Gasteiger partial charge in [0.25, 0.3) is 5.91 Å². The minimum absolute atomic E-state index is 0.00191. The zero-order valence-electron chi connectivity index (χ0n) is 16.6. The third-order valence-corrected chi connectivity index (χ3v) is 5.54. The summed E-state index contributed by atoms with van der Waals surface area (Å²) in [6.45, 7) is 4.92. The van der Waals surface area contributed by atoms with E-state index < -0.39 is 0 Å². The van der Waals surface area contributed by atoms with Gasteiger partial charge in [0.1, 0.15) is 0 Å². The summed E-state index contributed by atoms with van der Waals surface area (Å²) in [6.07, 6.45) is 2.31. The van der Waals surface area contributed by atoms with Crippen molar-refractivity contribution in [2.24, 2.45) is 0 Å². The molecule has 1 saturated carbocycles. The van der Waals surface area contributed by atoms with Gasteiger partial charge in [-0.2, -0.15) is 4.98 Å². The number of benzene rings is 1. The fraction of sp³-hybridized carbons (Fsp3) is 0.550. The molecule has 2 aromatic rings. The summed E-state index contributed by atoms with van der Waals surface area (Å²) in [5.74, 6) is 3.17. The molecular formula is C20H26N4O4. The summed E-state index contributed by atoms with van der Waals surface area (Å²) in [5, 5.41) is 4.11. The Morgan fingerprint density at radius 2 is 1.86 bits per heavy atom. The summed E-state index contributed by atoms with van der Waals surface area (Å²) < 4.78 is 16.0. The highest BCUT2D eigenvalue weighted by atomic mass is 16.5. The van der Waals surface area contributed by atoms with Gasteiger partial charge in [0.2, 0.25) is 5.89 Å². The standard InChI is InChI=1S/C20H26N4O4/c1-13(19-21-18(22-28-19)14-4-5-14)23-8-10-24(11-9-23)20(25)15-6-7-16(26-2)17(12-15)27-3/h6-7,12-14H,4-5,8-11H2,1-3H3. The SMILES string of the molecule is COc1ccc(C(=O)N2CCN(C(C)c3nc(C4CC4)no3)CC2)cc1OC. The minimum atomic E-state index is 0.00191. The number of piperazine rings is 1. The van der Waals surface area contributed by atoms with E-state index >= 15 is 0 Å². The summed E-state index contributed by atoms with van der Waals surface area (Å²) in [5.41, 5.74) is 0.602. The van der Waals surface area contributed by atoms with Crippen molar-refractivity contribution in [3.63, 3.8) is 0 Å². The van der Waals surface area contributed by atoms with Crippen LogP contribution in [0.25, 0.3) is 0 Å². The maximum atomic E-state index is 12.9. The van der Waals surface area contributed by atoms with Crippen LogP contribution in [-0.4, -0.2) is 66.2 Å². The summed E-state index contributed by atoms with van der Waals surface area (Å²) in [7, 11) is 3.15. The van der Waals surface area contributed by atoms with Gasteiger partial charge >= 0.3 is 0 Å². The number of hydrogen-bond acceptors (Lipinski definition) is 7. The Bertz CT molecular complexity index is 840. The average molecular weight is 386 g/mol. The lowest BCUT2D eigenvalue weighted by molar-refractivity contribution is 0.0551. The third-order valence-electron chi connectivity index (χ3n) is 5.54. The normalized spacial score (nSPS) is 18.8. The van der Waals surface area contributed by atoms with Crippen LogP contribution in [-0.2, 0) is 0 Å². The van der Waals surface area contributed by atoms with E-state index in [2.05, 4.69) is 22.0 Å². The van der Waals surface area contributed by atoms with E-state index in [1.807, 2.05) is 4.90 Å². The van der Waals surface area contributed by atoms with Gasteiger partial charge in [0, 0.05) is 37.7 Å². The molecule has 28 heavy (non-hydrogen) atoms. The Kier molecular flexibility index (Phi) is 5.21. The molecule has 150 valence electrons. The largest absolute Gasteiger partial charge is 0.493 e. The highest BCUT2D eigenvalue weighted by Gasteiger charge is 2.32. The van der Waals surface area contributed by atoms with E-state index in [0.29, 0.717) is 42.0 Å². The van der Waals surface area contributed by atoms with E-state index in [0.717, 1.165) is 31.8 Å². The van der Waals surface area contributed by atoms with Crippen LogP contribution in [0.1, 0.15) is 53.8 Å². The van der Waals surface area contributed by atoms with E-state index in [4.69, 9.17) is 14.0 Å². The van der Waals surface area contributed by atoms with Crippen molar-refractivity contribution in [2.45, 2.75) is 31.7 Å².